The molecule has 0 aliphatic heterocycles. The van der Waals surface area contributed by atoms with E-state index in [-0.39, 0.29) is 0 Å². The lowest BCUT2D eigenvalue weighted by Gasteiger charge is -2.19. The van der Waals surface area contributed by atoms with Crippen LogP contribution in [0.1, 0.15) is 23.7 Å². The van der Waals surface area contributed by atoms with Crippen molar-refractivity contribution in [1.29, 1.82) is 0 Å². The van der Waals surface area contributed by atoms with Crippen molar-refractivity contribution in [3.05, 3.63) is 42.0 Å². The van der Waals surface area contributed by atoms with Crippen LogP contribution in [0.2, 0.25) is 0 Å². The van der Waals surface area contributed by atoms with Gasteiger partial charge in [-0.15, -0.1) is 0 Å². The van der Waals surface area contributed by atoms with Crippen molar-refractivity contribution in [2.24, 2.45) is 0 Å². The second-order valence-corrected chi connectivity index (χ2v) is 3.74. The molecule has 0 aliphatic carbocycles. The van der Waals surface area contributed by atoms with Crippen molar-refractivity contribution in [3.8, 4) is 0 Å². The number of hydrogen-bond donors (Lipinski definition) is 3. The lowest BCUT2D eigenvalue weighted by molar-refractivity contribution is 0.0139. The Morgan fingerprint density at radius 2 is 2.06 bits per heavy atom. The average Bonchev–Trinajstić information content (AvgIpc) is 2.34. The summed E-state index contributed by atoms with van der Waals surface area (Å²) in [6, 6.07) is 7.41. The number of nitrogens with one attached hydrogen (secondary N) is 1. The molecule has 1 aromatic carbocycles. The minimum Gasteiger partial charge on any atom is -0.390 e. The van der Waals surface area contributed by atoms with E-state index in [2.05, 4.69) is 11.9 Å². The number of rotatable bonds is 6. The lowest BCUT2D eigenvalue weighted by Crippen LogP contribution is -2.23. The molecule has 0 aromatic heterocycles. The molecule has 88 valence electrons. The summed E-state index contributed by atoms with van der Waals surface area (Å²) in [5, 5.41) is 22.7. The fraction of sp³-hybridized carbons (Fsp3) is 0.385. The number of benzene rings is 1. The zero-order valence-electron chi connectivity index (χ0n) is 9.56. The summed E-state index contributed by atoms with van der Waals surface area (Å²) in [5.41, 5.74) is 1.58. The maximum Gasteiger partial charge on any atom is 0.105 e. The van der Waals surface area contributed by atoms with Crippen molar-refractivity contribution >= 4 is 6.08 Å². The van der Waals surface area contributed by atoms with Gasteiger partial charge in [-0.05, 0) is 31.1 Å². The van der Waals surface area contributed by atoms with Gasteiger partial charge in [0.05, 0.1) is 6.10 Å². The SMILES string of the molecule is C=Cc1ccccc1C(O)C(O)CCNC. The molecule has 0 aliphatic rings. The van der Waals surface area contributed by atoms with Crippen molar-refractivity contribution in [2.75, 3.05) is 13.6 Å². The first kappa shape index (κ1) is 12.9. The van der Waals surface area contributed by atoms with Crippen molar-refractivity contribution in [3.63, 3.8) is 0 Å². The summed E-state index contributed by atoms with van der Waals surface area (Å²) in [4.78, 5) is 0. The van der Waals surface area contributed by atoms with Crippen LogP contribution in [0.3, 0.4) is 0 Å². The number of aliphatic hydroxyl groups is 2. The van der Waals surface area contributed by atoms with E-state index < -0.39 is 12.2 Å². The van der Waals surface area contributed by atoms with Gasteiger partial charge in [0.1, 0.15) is 6.10 Å². The van der Waals surface area contributed by atoms with Gasteiger partial charge in [0.25, 0.3) is 0 Å². The molecule has 0 saturated heterocycles. The van der Waals surface area contributed by atoms with E-state index >= 15 is 0 Å². The van der Waals surface area contributed by atoms with Gasteiger partial charge in [-0.3, -0.25) is 0 Å². The Hall–Kier alpha value is -1.16. The van der Waals surface area contributed by atoms with Gasteiger partial charge < -0.3 is 15.5 Å². The predicted molar refractivity (Wildman–Crippen MR) is 66.0 cm³/mol. The zero-order valence-corrected chi connectivity index (χ0v) is 9.56. The average molecular weight is 221 g/mol. The molecule has 0 fully saturated rings. The second-order valence-electron chi connectivity index (χ2n) is 3.74. The molecule has 2 atom stereocenters. The Kier molecular flexibility index (Phi) is 5.19. The van der Waals surface area contributed by atoms with Gasteiger partial charge >= 0.3 is 0 Å². The van der Waals surface area contributed by atoms with Gasteiger partial charge in [-0.2, -0.15) is 0 Å². The summed E-state index contributed by atoms with van der Waals surface area (Å²) in [6.45, 7) is 4.37. The third-order valence-electron chi connectivity index (χ3n) is 2.59. The lowest BCUT2D eigenvalue weighted by atomic mass is 9.97. The Balaban J connectivity index is 2.78. The fourth-order valence-corrected chi connectivity index (χ4v) is 1.62. The van der Waals surface area contributed by atoms with Gasteiger partial charge in [0, 0.05) is 0 Å². The highest BCUT2D eigenvalue weighted by Gasteiger charge is 2.19. The molecule has 0 heterocycles. The largest absolute Gasteiger partial charge is 0.390 e. The minimum atomic E-state index is -0.859. The molecule has 0 amide bonds. The molecule has 1 rings (SSSR count). The number of hydrogen-bond acceptors (Lipinski definition) is 3. The fourth-order valence-electron chi connectivity index (χ4n) is 1.62. The normalized spacial score (nSPS) is 14.4. The molecule has 2 unspecified atom stereocenters. The topological polar surface area (TPSA) is 52.5 Å². The third kappa shape index (κ3) is 3.17. The molecule has 3 N–H and O–H groups in total. The van der Waals surface area contributed by atoms with Gasteiger partial charge in [-0.1, -0.05) is 36.9 Å². The Labute approximate surface area is 96.4 Å². The van der Waals surface area contributed by atoms with Crippen LogP contribution >= 0.6 is 0 Å². The third-order valence-corrected chi connectivity index (χ3v) is 2.59. The smallest absolute Gasteiger partial charge is 0.105 e. The summed E-state index contributed by atoms with van der Waals surface area (Å²) < 4.78 is 0. The van der Waals surface area contributed by atoms with Crippen LogP contribution in [0, 0.1) is 0 Å². The van der Waals surface area contributed by atoms with E-state index in [1.54, 1.807) is 6.08 Å². The highest BCUT2D eigenvalue weighted by atomic mass is 16.3. The molecule has 0 radical (unpaired) electrons. The predicted octanol–water partition coefficient (Wildman–Crippen LogP) is 1.33. The van der Waals surface area contributed by atoms with Crippen LogP contribution < -0.4 is 5.32 Å². The van der Waals surface area contributed by atoms with Crippen LogP contribution in [-0.4, -0.2) is 29.9 Å². The maximum absolute atomic E-state index is 10.0. The van der Waals surface area contributed by atoms with Crippen molar-refractivity contribution in [2.45, 2.75) is 18.6 Å². The summed E-state index contributed by atoms with van der Waals surface area (Å²) in [5.74, 6) is 0. The van der Waals surface area contributed by atoms with E-state index in [9.17, 15) is 10.2 Å². The van der Waals surface area contributed by atoms with Gasteiger partial charge in [0.2, 0.25) is 0 Å². The first-order valence-corrected chi connectivity index (χ1v) is 5.42. The van der Waals surface area contributed by atoms with Crippen LogP contribution in [0.15, 0.2) is 30.8 Å². The van der Waals surface area contributed by atoms with Crippen molar-refractivity contribution < 1.29 is 10.2 Å². The second kappa shape index (κ2) is 6.43. The van der Waals surface area contributed by atoms with Crippen LogP contribution in [0.25, 0.3) is 6.08 Å². The summed E-state index contributed by atoms with van der Waals surface area (Å²) in [7, 11) is 1.82. The molecule has 3 heteroatoms. The molecular formula is C13H19NO2. The van der Waals surface area contributed by atoms with E-state index in [0.717, 1.165) is 11.1 Å². The zero-order chi connectivity index (χ0) is 12.0. The van der Waals surface area contributed by atoms with E-state index in [1.807, 2.05) is 31.3 Å². The Morgan fingerprint density at radius 3 is 2.69 bits per heavy atom. The summed E-state index contributed by atoms with van der Waals surface area (Å²) in [6.07, 6.45) is 0.586. The molecular weight excluding hydrogens is 202 g/mol. The minimum absolute atomic E-state index is 0.517. The van der Waals surface area contributed by atoms with E-state index in [4.69, 9.17) is 0 Å². The Morgan fingerprint density at radius 1 is 1.38 bits per heavy atom. The highest BCUT2D eigenvalue weighted by Crippen LogP contribution is 2.23. The molecule has 3 nitrogen and oxygen atoms in total. The number of aliphatic hydroxyl groups excluding tert-OH is 2. The van der Waals surface area contributed by atoms with E-state index in [0.29, 0.717) is 13.0 Å². The summed E-state index contributed by atoms with van der Waals surface area (Å²) >= 11 is 0. The first-order valence-electron chi connectivity index (χ1n) is 5.42. The molecule has 0 bridgehead atoms. The molecule has 16 heavy (non-hydrogen) atoms. The molecule has 1 aromatic rings. The quantitative estimate of drug-likeness (QED) is 0.679. The van der Waals surface area contributed by atoms with Gasteiger partial charge in [-0.25, -0.2) is 0 Å². The maximum atomic E-state index is 10.0. The first-order chi connectivity index (χ1) is 7.70. The van der Waals surface area contributed by atoms with Crippen molar-refractivity contribution in [1.82, 2.24) is 5.32 Å². The molecule has 0 spiro atoms. The van der Waals surface area contributed by atoms with Gasteiger partial charge in [0.15, 0.2) is 0 Å². The van der Waals surface area contributed by atoms with Crippen LogP contribution in [0.4, 0.5) is 0 Å². The standard InChI is InChI=1S/C13H19NO2/c1-3-10-6-4-5-7-11(10)13(16)12(15)8-9-14-2/h3-7,12-16H,1,8-9H2,2H3. The van der Waals surface area contributed by atoms with Crippen LogP contribution in [-0.2, 0) is 0 Å². The Bertz CT molecular complexity index is 338. The monoisotopic (exact) mass is 221 g/mol. The highest BCUT2D eigenvalue weighted by molar-refractivity contribution is 5.52. The van der Waals surface area contributed by atoms with E-state index in [1.165, 1.54) is 0 Å². The van der Waals surface area contributed by atoms with Crippen LogP contribution in [0.5, 0.6) is 0 Å². The molecule has 0 saturated carbocycles.